The van der Waals surface area contributed by atoms with Crippen molar-refractivity contribution in [2.75, 3.05) is 25.0 Å². The number of aromatic nitrogens is 2. The molecule has 0 unspecified atom stereocenters. The summed E-state index contributed by atoms with van der Waals surface area (Å²) in [5.74, 6) is 0.500. The van der Waals surface area contributed by atoms with Gasteiger partial charge in [0.05, 0.1) is 0 Å². The molecule has 22 heavy (non-hydrogen) atoms. The molecule has 0 bridgehead atoms. The molecule has 0 fully saturated rings. The fourth-order valence-electron chi connectivity index (χ4n) is 2.70. The lowest BCUT2D eigenvalue weighted by molar-refractivity contribution is 0.0767. The Morgan fingerprint density at radius 2 is 2.14 bits per heavy atom. The summed E-state index contributed by atoms with van der Waals surface area (Å²) in [6.45, 7) is 6.14. The maximum absolute atomic E-state index is 12.3. The second kappa shape index (κ2) is 8.51. The maximum Gasteiger partial charge on any atom is 0.272 e. The molecule has 0 saturated carbocycles. The highest BCUT2D eigenvalue weighted by atomic mass is 16.2. The average molecular weight is 302 g/mol. The van der Waals surface area contributed by atoms with Crippen molar-refractivity contribution in [1.82, 2.24) is 14.9 Å². The number of allylic oxidation sites excluding steroid dienone is 1. The molecule has 1 aliphatic rings. The number of carbonyl (C=O) groups is 1. The van der Waals surface area contributed by atoms with Crippen LogP contribution in [-0.4, -0.2) is 40.4 Å². The van der Waals surface area contributed by atoms with Crippen LogP contribution in [0.15, 0.2) is 23.9 Å². The van der Waals surface area contributed by atoms with Gasteiger partial charge in [-0.15, -0.1) is 0 Å². The molecule has 0 saturated heterocycles. The van der Waals surface area contributed by atoms with Crippen molar-refractivity contribution >= 4 is 11.9 Å². The average Bonchev–Trinajstić information content (AvgIpc) is 2.57. The van der Waals surface area contributed by atoms with Crippen LogP contribution in [0.2, 0.25) is 0 Å². The maximum atomic E-state index is 12.3. The van der Waals surface area contributed by atoms with Crippen LogP contribution in [0, 0.1) is 0 Å². The first-order valence-electron chi connectivity index (χ1n) is 8.28. The topological polar surface area (TPSA) is 58.1 Å². The first-order valence-corrected chi connectivity index (χ1v) is 8.28. The van der Waals surface area contributed by atoms with E-state index in [1.807, 2.05) is 13.8 Å². The number of nitrogens with zero attached hydrogens (tertiary/aromatic N) is 3. The van der Waals surface area contributed by atoms with Crippen molar-refractivity contribution in [3.63, 3.8) is 0 Å². The molecule has 0 atom stereocenters. The minimum atomic E-state index is -0.0366. The van der Waals surface area contributed by atoms with Gasteiger partial charge in [-0.05, 0) is 52.0 Å². The summed E-state index contributed by atoms with van der Waals surface area (Å²) >= 11 is 0. The number of rotatable bonds is 7. The van der Waals surface area contributed by atoms with Crippen LogP contribution in [0.1, 0.15) is 56.4 Å². The van der Waals surface area contributed by atoms with Crippen LogP contribution in [0.25, 0.3) is 0 Å². The van der Waals surface area contributed by atoms with Gasteiger partial charge in [0.2, 0.25) is 5.95 Å². The highest BCUT2D eigenvalue weighted by Gasteiger charge is 2.14. The minimum Gasteiger partial charge on any atom is -0.354 e. The van der Waals surface area contributed by atoms with E-state index in [0.717, 1.165) is 13.0 Å². The van der Waals surface area contributed by atoms with Crippen LogP contribution in [0.3, 0.4) is 0 Å². The summed E-state index contributed by atoms with van der Waals surface area (Å²) < 4.78 is 0. The lowest BCUT2D eigenvalue weighted by Gasteiger charge is -2.18. The van der Waals surface area contributed by atoms with E-state index in [9.17, 15) is 4.79 Å². The molecule has 1 aliphatic carbocycles. The summed E-state index contributed by atoms with van der Waals surface area (Å²) in [4.78, 5) is 22.6. The molecule has 5 nitrogen and oxygen atoms in total. The third-order valence-electron chi connectivity index (χ3n) is 4.04. The molecular formula is C17H26N4O. The molecule has 0 spiro atoms. The molecule has 120 valence electrons. The molecule has 1 aromatic rings. The van der Waals surface area contributed by atoms with E-state index in [0.29, 0.717) is 24.7 Å². The quantitative estimate of drug-likeness (QED) is 0.785. The Balaban J connectivity index is 1.90. The summed E-state index contributed by atoms with van der Waals surface area (Å²) in [6.07, 6.45) is 10.1. The van der Waals surface area contributed by atoms with E-state index < -0.39 is 0 Å². The van der Waals surface area contributed by atoms with Gasteiger partial charge in [-0.1, -0.05) is 11.6 Å². The standard InChI is InChI=1S/C17H26N4O/c1-3-21(4-2)16(22)15-11-13-19-17(20-15)18-12-10-14-8-6-5-7-9-14/h8,11,13H,3-7,9-10,12H2,1-2H3,(H,18,19,20). The lowest BCUT2D eigenvalue weighted by atomic mass is 9.97. The van der Waals surface area contributed by atoms with Crippen molar-refractivity contribution in [3.8, 4) is 0 Å². The predicted molar refractivity (Wildman–Crippen MR) is 88.9 cm³/mol. The normalized spacial score (nSPS) is 14.4. The highest BCUT2D eigenvalue weighted by molar-refractivity contribution is 5.92. The molecule has 5 heteroatoms. The first-order chi connectivity index (χ1) is 10.7. The van der Waals surface area contributed by atoms with E-state index in [2.05, 4.69) is 21.4 Å². The van der Waals surface area contributed by atoms with Gasteiger partial charge in [-0.3, -0.25) is 4.79 Å². The van der Waals surface area contributed by atoms with Crippen LogP contribution >= 0.6 is 0 Å². The second-order valence-electron chi connectivity index (χ2n) is 5.53. The van der Waals surface area contributed by atoms with E-state index in [4.69, 9.17) is 0 Å². The fourth-order valence-corrected chi connectivity index (χ4v) is 2.70. The smallest absolute Gasteiger partial charge is 0.272 e. The first kappa shape index (κ1) is 16.5. The molecule has 0 aliphatic heterocycles. The Bertz CT molecular complexity index is 523. The van der Waals surface area contributed by atoms with Crippen LogP contribution < -0.4 is 5.32 Å². The SMILES string of the molecule is CCN(CC)C(=O)c1ccnc(NCCC2=CCCCC2)n1. The molecule has 2 rings (SSSR count). The molecule has 1 amide bonds. The lowest BCUT2D eigenvalue weighted by Crippen LogP contribution is -2.31. The zero-order chi connectivity index (χ0) is 15.8. The Morgan fingerprint density at radius 3 is 2.82 bits per heavy atom. The summed E-state index contributed by atoms with van der Waals surface area (Å²) in [7, 11) is 0. The Labute approximate surface area is 132 Å². The molecule has 1 heterocycles. The van der Waals surface area contributed by atoms with Gasteiger partial charge < -0.3 is 10.2 Å². The van der Waals surface area contributed by atoms with Gasteiger partial charge in [-0.25, -0.2) is 9.97 Å². The number of amides is 1. The van der Waals surface area contributed by atoms with Gasteiger partial charge in [0.1, 0.15) is 5.69 Å². The third kappa shape index (κ3) is 4.55. The van der Waals surface area contributed by atoms with Crippen molar-refractivity contribution in [3.05, 3.63) is 29.6 Å². The van der Waals surface area contributed by atoms with Crippen molar-refractivity contribution in [1.29, 1.82) is 0 Å². The van der Waals surface area contributed by atoms with Crippen LogP contribution in [-0.2, 0) is 0 Å². The van der Waals surface area contributed by atoms with Crippen LogP contribution in [0.5, 0.6) is 0 Å². The molecule has 1 N–H and O–H groups in total. The molecule has 0 radical (unpaired) electrons. The highest BCUT2D eigenvalue weighted by Crippen LogP contribution is 2.19. The van der Waals surface area contributed by atoms with Crippen LogP contribution in [0.4, 0.5) is 5.95 Å². The number of hydrogen-bond donors (Lipinski definition) is 1. The van der Waals surface area contributed by atoms with Gasteiger partial charge in [0.25, 0.3) is 5.91 Å². The Hall–Kier alpha value is -1.91. The van der Waals surface area contributed by atoms with E-state index in [-0.39, 0.29) is 5.91 Å². The van der Waals surface area contributed by atoms with Gasteiger partial charge in [0.15, 0.2) is 0 Å². The third-order valence-corrected chi connectivity index (χ3v) is 4.04. The van der Waals surface area contributed by atoms with Crippen molar-refractivity contribution < 1.29 is 4.79 Å². The monoisotopic (exact) mass is 302 g/mol. The fraction of sp³-hybridized carbons (Fsp3) is 0.588. The van der Waals surface area contributed by atoms with Gasteiger partial charge in [-0.2, -0.15) is 0 Å². The molecule has 0 aromatic carbocycles. The predicted octanol–water partition coefficient (Wildman–Crippen LogP) is 3.26. The van der Waals surface area contributed by atoms with E-state index in [1.165, 1.54) is 31.3 Å². The van der Waals surface area contributed by atoms with Crippen molar-refractivity contribution in [2.24, 2.45) is 0 Å². The largest absolute Gasteiger partial charge is 0.354 e. The van der Waals surface area contributed by atoms with E-state index >= 15 is 0 Å². The van der Waals surface area contributed by atoms with Crippen molar-refractivity contribution in [2.45, 2.75) is 46.0 Å². The van der Waals surface area contributed by atoms with E-state index in [1.54, 1.807) is 17.2 Å². The zero-order valence-electron chi connectivity index (χ0n) is 13.6. The van der Waals surface area contributed by atoms with Gasteiger partial charge in [0, 0.05) is 25.8 Å². The summed E-state index contributed by atoms with van der Waals surface area (Å²) in [5, 5.41) is 3.23. The summed E-state index contributed by atoms with van der Waals surface area (Å²) in [5.41, 5.74) is 1.98. The Morgan fingerprint density at radius 1 is 1.32 bits per heavy atom. The minimum absolute atomic E-state index is 0.0366. The Kier molecular flexibility index (Phi) is 6.37. The summed E-state index contributed by atoms with van der Waals surface area (Å²) in [6, 6.07) is 1.68. The number of nitrogens with one attached hydrogen (secondary N) is 1. The number of carbonyl (C=O) groups excluding carboxylic acids is 1. The second-order valence-corrected chi connectivity index (χ2v) is 5.53. The molecule has 1 aromatic heterocycles. The molecular weight excluding hydrogens is 276 g/mol. The number of hydrogen-bond acceptors (Lipinski definition) is 4. The zero-order valence-corrected chi connectivity index (χ0v) is 13.6. The van der Waals surface area contributed by atoms with Gasteiger partial charge >= 0.3 is 0 Å². The number of anilines is 1.